The highest BCUT2D eigenvalue weighted by Gasteiger charge is 2.17. The van der Waals surface area contributed by atoms with E-state index in [0.717, 1.165) is 38.2 Å². The Kier molecular flexibility index (Phi) is 3.64. The molecule has 1 fully saturated rings. The molecule has 1 saturated heterocycles. The largest absolute Gasteiger partial charge is 0.508 e. The molecule has 2 N–H and O–H groups in total. The molecular formula is C13H18N2O2. The van der Waals surface area contributed by atoms with E-state index in [0.29, 0.717) is 5.56 Å². The molecular weight excluding hydrogens is 216 g/mol. The maximum atomic E-state index is 12.2. The molecule has 1 aliphatic heterocycles. The van der Waals surface area contributed by atoms with Gasteiger partial charge < -0.3 is 15.3 Å². The van der Waals surface area contributed by atoms with Gasteiger partial charge in [0, 0.05) is 25.2 Å². The Labute approximate surface area is 101 Å². The summed E-state index contributed by atoms with van der Waals surface area (Å²) in [5, 5.41) is 12.9. The first-order chi connectivity index (χ1) is 8.18. The number of amides is 1. The molecule has 0 aromatic heterocycles. The van der Waals surface area contributed by atoms with Crippen LogP contribution in [0.5, 0.6) is 5.75 Å². The van der Waals surface area contributed by atoms with Crippen molar-refractivity contribution in [2.24, 2.45) is 0 Å². The van der Waals surface area contributed by atoms with Gasteiger partial charge in [0.2, 0.25) is 0 Å². The first kappa shape index (κ1) is 11.9. The van der Waals surface area contributed by atoms with Crippen LogP contribution in [0.2, 0.25) is 0 Å². The number of aryl methyl sites for hydroxylation is 1. The number of nitrogens with one attached hydrogen (secondary N) is 1. The van der Waals surface area contributed by atoms with Crippen LogP contribution in [-0.2, 0) is 0 Å². The van der Waals surface area contributed by atoms with Crippen LogP contribution in [-0.4, -0.2) is 42.1 Å². The van der Waals surface area contributed by atoms with Crippen molar-refractivity contribution in [2.45, 2.75) is 13.3 Å². The topological polar surface area (TPSA) is 52.6 Å². The quantitative estimate of drug-likeness (QED) is 0.766. The number of phenolic OH excluding ortho intramolecular Hbond substituents is 1. The standard InChI is InChI=1S/C13H18N2O2/c1-10-3-4-11(9-12(10)16)13(17)15-7-2-5-14-6-8-15/h3-4,9,14,16H,2,5-8H2,1H3. The summed E-state index contributed by atoms with van der Waals surface area (Å²) in [6, 6.07) is 5.10. The molecule has 1 aliphatic rings. The molecule has 1 amide bonds. The van der Waals surface area contributed by atoms with Crippen LogP contribution in [0.1, 0.15) is 22.3 Å². The minimum Gasteiger partial charge on any atom is -0.508 e. The summed E-state index contributed by atoms with van der Waals surface area (Å²) < 4.78 is 0. The molecule has 1 aromatic carbocycles. The first-order valence-corrected chi connectivity index (χ1v) is 5.98. The molecule has 4 heteroatoms. The summed E-state index contributed by atoms with van der Waals surface area (Å²) >= 11 is 0. The highest BCUT2D eigenvalue weighted by Crippen LogP contribution is 2.18. The average molecular weight is 234 g/mol. The van der Waals surface area contributed by atoms with Gasteiger partial charge in [-0.1, -0.05) is 6.07 Å². The van der Waals surface area contributed by atoms with E-state index in [-0.39, 0.29) is 11.7 Å². The van der Waals surface area contributed by atoms with Gasteiger partial charge in [-0.25, -0.2) is 0 Å². The van der Waals surface area contributed by atoms with Crippen LogP contribution in [0.15, 0.2) is 18.2 Å². The number of nitrogens with zero attached hydrogens (tertiary/aromatic N) is 1. The smallest absolute Gasteiger partial charge is 0.254 e. The molecule has 1 aromatic rings. The lowest BCUT2D eigenvalue weighted by Crippen LogP contribution is -2.34. The van der Waals surface area contributed by atoms with Crippen LogP contribution in [0.25, 0.3) is 0 Å². The fourth-order valence-corrected chi connectivity index (χ4v) is 1.97. The van der Waals surface area contributed by atoms with Crippen LogP contribution < -0.4 is 5.32 Å². The van der Waals surface area contributed by atoms with E-state index in [1.165, 1.54) is 0 Å². The fraction of sp³-hybridized carbons (Fsp3) is 0.462. The van der Waals surface area contributed by atoms with Crippen LogP contribution in [0, 0.1) is 6.92 Å². The lowest BCUT2D eigenvalue weighted by atomic mass is 10.1. The van der Waals surface area contributed by atoms with E-state index in [1.807, 2.05) is 11.8 Å². The van der Waals surface area contributed by atoms with Crippen LogP contribution in [0.4, 0.5) is 0 Å². The predicted octanol–water partition coefficient (Wildman–Crippen LogP) is 1.14. The van der Waals surface area contributed by atoms with E-state index in [9.17, 15) is 9.90 Å². The molecule has 0 saturated carbocycles. The zero-order chi connectivity index (χ0) is 12.3. The number of rotatable bonds is 1. The Bertz CT molecular complexity index is 410. The molecule has 0 bridgehead atoms. The Morgan fingerprint density at radius 1 is 1.35 bits per heavy atom. The molecule has 0 radical (unpaired) electrons. The van der Waals surface area contributed by atoms with E-state index in [1.54, 1.807) is 18.2 Å². The number of phenols is 1. The van der Waals surface area contributed by atoms with Gasteiger partial charge in [0.05, 0.1) is 0 Å². The second-order valence-corrected chi connectivity index (χ2v) is 4.40. The van der Waals surface area contributed by atoms with Crippen molar-refractivity contribution in [1.29, 1.82) is 0 Å². The third-order valence-corrected chi connectivity index (χ3v) is 3.08. The summed E-state index contributed by atoms with van der Waals surface area (Å²) in [4.78, 5) is 14.0. The molecule has 0 unspecified atom stereocenters. The number of hydrogen-bond acceptors (Lipinski definition) is 3. The Morgan fingerprint density at radius 2 is 2.18 bits per heavy atom. The van der Waals surface area contributed by atoms with Crippen LogP contribution >= 0.6 is 0 Å². The van der Waals surface area contributed by atoms with Crippen molar-refractivity contribution in [3.05, 3.63) is 29.3 Å². The zero-order valence-electron chi connectivity index (χ0n) is 10.1. The summed E-state index contributed by atoms with van der Waals surface area (Å²) in [5.41, 5.74) is 1.36. The third-order valence-electron chi connectivity index (χ3n) is 3.08. The van der Waals surface area contributed by atoms with E-state index in [2.05, 4.69) is 5.32 Å². The van der Waals surface area contributed by atoms with Gasteiger partial charge in [-0.3, -0.25) is 4.79 Å². The predicted molar refractivity (Wildman–Crippen MR) is 66.2 cm³/mol. The van der Waals surface area contributed by atoms with Gasteiger partial charge in [0.1, 0.15) is 5.75 Å². The number of carbonyl (C=O) groups excluding carboxylic acids is 1. The number of carbonyl (C=O) groups is 1. The lowest BCUT2D eigenvalue weighted by Gasteiger charge is -2.20. The highest BCUT2D eigenvalue weighted by molar-refractivity contribution is 5.94. The van der Waals surface area contributed by atoms with Crippen molar-refractivity contribution in [1.82, 2.24) is 10.2 Å². The Balaban J connectivity index is 2.14. The summed E-state index contributed by atoms with van der Waals surface area (Å²) in [6.07, 6.45) is 0.976. The number of benzene rings is 1. The average Bonchev–Trinajstić information content (AvgIpc) is 2.60. The van der Waals surface area contributed by atoms with E-state index < -0.39 is 0 Å². The monoisotopic (exact) mass is 234 g/mol. The van der Waals surface area contributed by atoms with Crippen molar-refractivity contribution >= 4 is 5.91 Å². The summed E-state index contributed by atoms with van der Waals surface area (Å²) in [7, 11) is 0. The van der Waals surface area contributed by atoms with E-state index in [4.69, 9.17) is 0 Å². The Hall–Kier alpha value is -1.55. The van der Waals surface area contributed by atoms with Gasteiger partial charge in [0.25, 0.3) is 5.91 Å². The minimum absolute atomic E-state index is 0.00370. The van der Waals surface area contributed by atoms with Crippen LogP contribution in [0.3, 0.4) is 0 Å². The SMILES string of the molecule is Cc1ccc(C(=O)N2CCCNCC2)cc1O. The molecule has 17 heavy (non-hydrogen) atoms. The molecule has 4 nitrogen and oxygen atoms in total. The number of hydrogen-bond donors (Lipinski definition) is 2. The zero-order valence-corrected chi connectivity index (χ0v) is 10.1. The molecule has 1 heterocycles. The fourth-order valence-electron chi connectivity index (χ4n) is 1.97. The van der Waals surface area contributed by atoms with Crippen molar-refractivity contribution in [3.63, 3.8) is 0 Å². The van der Waals surface area contributed by atoms with Crippen molar-refractivity contribution < 1.29 is 9.90 Å². The molecule has 0 aliphatic carbocycles. The van der Waals surface area contributed by atoms with Gasteiger partial charge in [-0.05, 0) is 37.6 Å². The van der Waals surface area contributed by atoms with Crippen molar-refractivity contribution in [2.75, 3.05) is 26.2 Å². The molecule has 2 rings (SSSR count). The second-order valence-electron chi connectivity index (χ2n) is 4.40. The van der Waals surface area contributed by atoms with Gasteiger partial charge in [-0.15, -0.1) is 0 Å². The maximum absolute atomic E-state index is 12.2. The third kappa shape index (κ3) is 2.77. The Morgan fingerprint density at radius 3 is 2.94 bits per heavy atom. The molecule has 0 spiro atoms. The molecule has 0 atom stereocenters. The summed E-state index contributed by atoms with van der Waals surface area (Å²) in [6.45, 7) is 5.12. The van der Waals surface area contributed by atoms with E-state index >= 15 is 0 Å². The highest BCUT2D eigenvalue weighted by atomic mass is 16.3. The first-order valence-electron chi connectivity index (χ1n) is 5.98. The summed E-state index contributed by atoms with van der Waals surface area (Å²) in [5.74, 6) is 0.188. The maximum Gasteiger partial charge on any atom is 0.254 e. The molecule has 92 valence electrons. The van der Waals surface area contributed by atoms with Gasteiger partial charge >= 0.3 is 0 Å². The minimum atomic E-state index is 0.00370. The van der Waals surface area contributed by atoms with Gasteiger partial charge in [0.15, 0.2) is 0 Å². The normalized spacial score (nSPS) is 16.6. The number of aromatic hydroxyl groups is 1. The van der Waals surface area contributed by atoms with Crippen molar-refractivity contribution in [3.8, 4) is 5.75 Å². The second kappa shape index (κ2) is 5.19. The van der Waals surface area contributed by atoms with Gasteiger partial charge in [-0.2, -0.15) is 0 Å². The lowest BCUT2D eigenvalue weighted by molar-refractivity contribution is 0.0766.